The van der Waals surface area contributed by atoms with Crippen LogP contribution in [0, 0.1) is 6.92 Å². The lowest BCUT2D eigenvalue weighted by molar-refractivity contribution is -0.115. The molecule has 0 unspecified atom stereocenters. The number of carbonyl (C=O) groups excluding carboxylic acids is 1. The predicted octanol–water partition coefficient (Wildman–Crippen LogP) is 1.43. The highest BCUT2D eigenvalue weighted by molar-refractivity contribution is 7.92. The molecule has 1 amide bonds. The Balaban J connectivity index is 2.14. The van der Waals surface area contributed by atoms with Gasteiger partial charge in [-0.2, -0.15) is 0 Å². The molecule has 25 heavy (non-hydrogen) atoms. The van der Waals surface area contributed by atoms with Gasteiger partial charge in [-0.05, 0) is 43.6 Å². The van der Waals surface area contributed by atoms with Crippen LogP contribution in [0.5, 0.6) is 0 Å². The minimum atomic E-state index is -3.70. The van der Waals surface area contributed by atoms with Crippen molar-refractivity contribution in [2.45, 2.75) is 18.6 Å². The zero-order valence-electron chi connectivity index (χ0n) is 14.0. The molecule has 0 aromatic heterocycles. The number of hydrogen-bond donors (Lipinski definition) is 4. The van der Waals surface area contributed by atoms with E-state index in [4.69, 9.17) is 5.02 Å². The Kier molecular flexibility index (Phi) is 6.19. The van der Waals surface area contributed by atoms with E-state index in [1.165, 1.54) is 19.0 Å². The zero-order valence-corrected chi connectivity index (χ0v) is 14.8. The summed E-state index contributed by atoms with van der Waals surface area (Å²) in [7, 11) is -4.50. The lowest BCUT2D eigenvalue weighted by Crippen LogP contribution is -2.37. The van der Waals surface area contributed by atoms with Crippen molar-refractivity contribution in [2.75, 3.05) is 16.6 Å². The Morgan fingerprint density at radius 1 is 1.16 bits per heavy atom. The predicted molar refractivity (Wildman–Crippen MR) is 98.9 cm³/mol. The van der Waals surface area contributed by atoms with Gasteiger partial charge in [-0.15, -0.1) is 0 Å². The van der Waals surface area contributed by atoms with Gasteiger partial charge in [0, 0.05) is 5.69 Å². The van der Waals surface area contributed by atoms with Crippen molar-refractivity contribution in [2.24, 2.45) is 0 Å². The lowest BCUT2D eigenvalue weighted by Gasteiger charge is -2.13. The second-order valence-electron chi connectivity index (χ2n) is 5.55. The summed E-state index contributed by atoms with van der Waals surface area (Å²) in [6.07, 6.45) is 0. The van der Waals surface area contributed by atoms with Crippen molar-refractivity contribution in [3.05, 3.63) is 54.1 Å². The molecule has 9 heteroatoms. The molecule has 4 N–H and O–H groups in total. The summed E-state index contributed by atoms with van der Waals surface area (Å²) in [5.41, 5.74) is 1.62. The van der Waals surface area contributed by atoms with E-state index in [9.17, 15) is 13.2 Å². The maximum absolute atomic E-state index is 12.4. The molecule has 7 nitrogen and oxygen atoms in total. The molecule has 0 heterocycles. The first kappa shape index (κ1) is 19.0. The van der Waals surface area contributed by atoms with Gasteiger partial charge in [-0.1, -0.05) is 24.3 Å². The third-order valence-corrected chi connectivity index (χ3v) is 4.77. The number of sulfonamides is 1. The highest BCUT2D eigenvalue weighted by Gasteiger charge is 2.14. The molecule has 2 aromatic rings. The van der Waals surface area contributed by atoms with Crippen LogP contribution in [0.2, 0.25) is 6.82 Å². The van der Waals surface area contributed by atoms with Gasteiger partial charge < -0.3 is 15.6 Å². The van der Waals surface area contributed by atoms with Crippen LogP contribution >= 0.6 is 0 Å². The molecule has 0 saturated heterocycles. The summed E-state index contributed by atoms with van der Waals surface area (Å²) in [4.78, 5) is 12.0. The molecule has 0 bridgehead atoms. The first-order valence-corrected chi connectivity index (χ1v) is 9.16. The van der Waals surface area contributed by atoms with Gasteiger partial charge in [0.05, 0.1) is 17.1 Å². The molecule has 0 spiro atoms. The van der Waals surface area contributed by atoms with Crippen LogP contribution in [-0.2, 0) is 14.8 Å². The number of benzene rings is 2. The number of nitrogens with one attached hydrogen (secondary N) is 3. The normalized spacial score (nSPS) is 11.0. The molecule has 132 valence electrons. The zero-order chi connectivity index (χ0) is 18.4. The quantitative estimate of drug-likeness (QED) is 0.558. The third-order valence-electron chi connectivity index (χ3n) is 3.38. The molecule has 2 rings (SSSR count). The fraction of sp³-hybridized carbons (Fsp3) is 0.188. The van der Waals surface area contributed by atoms with Crippen molar-refractivity contribution in [3.8, 4) is 0 Å². The van der Waals surface area contributed by atoms with Crippen LogP contribution in [0.25, 0.3) is 0 Å². The number of hydrogen-bond acceptors (Lipinski definition) is 5. The largest absolute Gasteiger partial charge is 0.437 e. The van der Waals surface area contributed by atoms with Crippen molar-refractivity contribution < 1.29 is 18.2 Å². The fourth-order valence-electron chi connectivity index (χ4n) is 2.07. The average molecular weight is 361 g/mol. The number of aryl methyl sites for hydroxylation is 1. The highest BCUT2D eigenvalue weighted by Crippen LogP contribution is 2.22. The van der Waals surface area contributed by atoms with Crippen molar-refractivity contribution in [1.82, 2.24) is 5.23 Å². The molecule has 2 aromatic carbocycles. The average Bonchev–Trinajstić information content (AvgIpc) is 2.56. The summed E-state index contributed by atoms with van der Waals surface area (Å²) in [5.74, 6) is -0.341. The molecule has 0 saturated carbocycles. The highest BCUT2D eigenvalue weighted by atomic mass is 32.2. The van der Waals surface area contributed by atoms with Gasteiger partial charge in [0.2, 0.25) is 5.91 Å². The standard InChI is InChI=1S/C16H20BN3O4S/c1-12-8-9-13(10-15(12)19-16(21)11-18-17(2)22)20-25(23,24)14-6-4-3-5-7-14/h3-10,18,20,22H,11H2,1-2H3,(H,19,21). The molecular formula is C16H20BN3O4S. The maximum atomic E-state index is 12.4. The van der Waals surface area contributed by atoms with E-state index < -0.39 is 17.1 Å². The Bertz CT molecular complexity index is 842. The summed E-state index contributed by atoms with van der Waals surface area (Å²) in [5, 5.41) is 14.4. The summed E-state index contributed by atoms with van der Waals surface area (Å²) in [6, 6.07) is 12.9. The van der Waals surface area contributed by atoms with Gasteiger partial charge in [0.25, 0.3) is 10.0 Å². The van der Waals surface area contributed by atoms with Crippen molar-refractivity contribution >= 4 is 34.4 Å². The van der Waals surface area contributed by atoms with Crippen LogP contribution < -0.4 is 15.3 Å². The molecule has 0 radical (unpaired) electrons. The van der Waals surface area contributed by atoms with Crippen LogP contribution in [-0.4, -0.2) is 32.9 Å². The van der Waals surface area contributed by atoms with Gasteiger partial charge >= 0.3 is 7.05 Å². The molecule has 0 aliphatic heterocycles. The fourth-order valence-corrected chi connectivity index (χ4v) is 3.14. The molecule has 0 atom stereocenters. The molecule has 0 aliphatic carbocycles. The number of rotatable bonds is 7. The molecule has 0 fully saturated rings. The summed E-state index contributed by atoms with van der Waals surface area (Å²) < 4.78 is 27.2. The van der Waals surface area contributed by atoms with Crippen LogP contribution in [0.4, 0.5) is 11.4 Å². The van der Waals surface area contributed by atoms with E-state index in [0.717, 1.165) is 5.56 Å². The molecular weight excluding hydrogens is 341 g/mol. The number of carbonyl (C=O) groups is 1. The number of amides is 1. The van der Waals surface area contributed by atoms with E-state index in [1.807, 2.05) is 0 Å². The van der Waals surface area contributed by atoms with Gasteiger partial charge in [-0.3, -0.25) is 9.52 Å². The van der Waals surface area contributed by atoms with Gasteiger partial charge in [-0.25, -0.2) is 8.42 Å². The van der Waals surface area contributed by atoms with E-state index in [0.29, 0.717) is 11.4 Å². The van der Waals surface area contributed by atoms with Crippen LogP contribution in [0.15, 0.2) is 53.4 Å². The Hall–Kier alpha value is -2.36. The summed E-state index contributed by atoms with van der Waals surface area (Å²) >= 11 is 0. The van der Waals surface area contributed by atoms with E-state index in [-0.39, 0.29) is 17.3 Å². The minimum absolute atomic E-state index is 0.0585. The SMILES string of the molecule is CB(O)NCC(=O)Nc1cc(NS(=O)(=O)c2ccccc2)ccc1C. The van der Waals surface area contributed by atoms with Crippen LogP contribution in [0.1, 0.15) is 5.56 Å². The van der Waals surface area contributed by atoms with E-state index in [1.54, 1.807) is 43.3 Å². The second kappa shape index (κ2) is 8.15. The Morgan fingerprint density at radius 2 is 1.84 bits per heavy atom. The Labute approximate surface area is 147 Å². The number of anilines is 2. The summed E-state index contributed by atoms with van der Waals surface area (Å²) in [6.45, 7) is 3.25. The maximum Gasteiger partial charge on any atom is 0.374 e. The topological polar surface area (TPSA) is 108 Å². The smallest absolute Gasteiger partial charge is 0.374 e. The first-order valence-electron chi connectivity index (χ1n) is 7.68. The second-order valence-corrected chi connectivity index (χ2v) is 7.24. The lowest BCUT2D eigenvalue weighted by atomic mass is 9.89. The van der Waals surface area contributed by atoms with Gasteiger partial charge in [0.1, 0.15) is 0 Å². The van der Waals surface area contributed by atoms with Crippen molar-refractivity contribution in [1.29, 1.82) is 0 Å². The van der Waals surface area contributed by atoms with E-state index >= 15 is 0 Å². The van der Waals surface area contributed by atoms with E-state index in [2.05, 4.69) is 15.3 Å². The Morgan fingerprint density at radius 3 is 2.48 bits per heavy atom. The van der Waals surface area contributed by atoms with Gasteiger partial charge in [0.15, 0.2) is 0 Å². The monoisotopic (exact) mass is 361 g/mol. The third kappa shape index (κ3) is 5.59. The molecule has 0 aliphatic rings. The van der Waals surface area contributed by atoms with Crippen molar-refractivity contribution in [3.63, 3.8) is 0 Å². The van der Waals surface area contributed by atoms with Crippen LogP contribution in [0.3, 0.4) is 0 Å². The minimum Gasteiger partial charge on any atom is -0.437 e. The first-order chi connectivity index (χ1) is 11.8.